The van der Waals surface area contributed by atoms with E-state index in [0.717, 1.165) is 4.90 Å². The minimum atomic E-state index is -0.538. The first-order valence-corrected chi connectivity index (χ1v) is 6.87. The van der Waals surface area contributed by atoms with Crippen LogP contribution in [0.15, 0.2) is 18.2 Å². The second-order valence-corrected chi connectivity index (χ2v) is 5.25. The lowest BCUT2D eigenvalue weighted by atomic mass is 10.1. The number of nitriles is 1. The predicted octanol–water partition coefficient (Wildman–Crippen LogP) is 3.15. The van der Waals surface area contributed by atoms with Crippen molar-refractivity contribution in [3.8, 4) is 17.3 Å². The summed E-state index contributed by atoms with van der Waals surface area (Å²) < 4.78 is 0. The maximum absolute atomic E-state index is 11.6. The Bertz CT molecular complexity index is 794. The van der Waals surface area contributed by atoms with E-state index >= 15 is 0 Å². The molecule has 0 saturated heterocycles. The number of hydrogen-bond donors (Lipinski definition) is 1. The van der Waals surface area contributed by atoms with Crippen molar-refractivity contribution in [1.29, 1.82) is 5.26 Å². The molecule has 6 nitrogen and oxygen atoms in total. The van der Waals surface area contributed by atoms with Crippen LogP contribution in [0, 0.1) is 11.3 Å². The maximum atomic E-state index is 11.6. The first-order valence-electron chi connectivity index (χ1n) is 6.12. The number of amides is 2. The van der Waals surface area contributed by atoms with Crippen LogP contribution in [-0.4, -0.2) is 22.0 Å². The SMILES string of the molecule is CC(=O)N(C(C)=O)c1n[nH]c(-c2ccc(Cl)cc2Cl)c1C#N. The Kier molecular flexibility index (Phi) is 4.50. The Morgan fingerprint density at radius 3 is 2.41 bits per heavy atom. The number of nitrogens with one attached hydrogen (secondary N) is 1. The fraction of sp³-hybridized carbons (Fsp3) is 0.143. The van der Waals surface area contributed by atoms with E-state index in [2.05, 4.69) is 10.2 Å². The molecule has 2 aromatic rings. The highest BCUT2D eigenvalue weighted by Crippen LogP contribution is 2.34. The molecule has 22 heavy (non-hydrogen) atoms. The molecular formula is C14H10Cl2N4O2. The molecular weight excluding hydrogens is 327 g/mol. The number of imide groups is 1. The van der Waals surface area contributed by atoms with Crippen molar-refractivity contribution in [3.05, 3.63) is 33.8 Å². The Hall–Kier alpha value is -2.36. The molecule has 0 aliphatic carbocycles. The number of H-pyrrole nitrogens is 1. The molecule has 1 aromatic heterocycles. The number of anilines is 1. The van der Waals surface area contributed by atoms with Gasteiger partial charge in [-0.1, -0.05) is 23.2 Å². The van der Waals surface area contributed by atoms with Crippen molar-refractivity contribution in [2.24, 2.45) is 0 Å². The second-order valence-electron chi connectivity index (χ2n) is 4.41. The number of rotatable bonds is 2. The van der Waals surface area contributed by atoms with Crippen LogP contribution in [0.5, 0.6) is 0 Å². The number of aromatic amines is 1. The summed E-state index contributed by atoms with van der Waals surface area (Å²) in [6, 6.07) is 6.69. The van der Waals surface area contributed by atoms with Gasteiger partial charge in [0.05, 0.1) is 10.7 Å². The molecule has 2 rings (SSSR count). The van der Waals surface area contributed by atoms with E-state index in [0.29, 0.717) is 21.3 Å². The summed E-state index contributed by atoms with van der Waals surface area (Å²) in [7, 11) is 0. The molecule has 1 aromatic carbocycles. The van der Waals surface area contributed by atoms with Crippen LogP contribution in [0.1, 0.15) is 19.4 Å². The van der Waals surface area contributed by atoms with Gasteiger partial charge >= 0.3 is 0 Å². The van der Waals surface area contributed by atoms with Crippen LogP contribution in [0.25, 0.3) is 11.3 Å². The summed E-state index contributed by atoms with van der Waals surface area (Å²) in [6.45, 7) is 2.43. The fourth-order valence-electron chi connectivity index (χ4n) is 2.01. The summed E-state index contributed by atoms with van der Waals surface area (Å²) in [5.41, 5.74) is 0.856. The number of hydrogen-bond acceptors (Lipinski definition) is 4. The molecule has 0 atom stereocenters. The highest BCUT2D eigenvalue weighted by Gasteiger charge is 2.26. The third-order valence-corrected chi connectivity index (χ3v) is 3.45. The summed E-state index contributed by atoms with van der Waals surface area (Å²) >= 11 is 12.0. The van der Waals surface area contributed by atoms with Crippen LogP contribution < -0.4 is 4.90 Å². The molecule has 0 saturated carbocycles. The zero-order valence-electron chi connectivity index (χ0n) is 11.6. The number of aromatic nitrogens is 2. The standard InChI is InChI=1S/C14H10Cl2N4O2/c1-7(21)20(8(2)22)14-11(6-17)13(18-19-14)10-4-3-9(15)5-12(10)16/h3-5H,1-2H3,(H,18,19). The van der Waals surface area contributed by atoms with Crippen molar-refractivity contribution in [1.82, 2.24) is 10.2 Å². The molecule has 0 fully saturated rings. The second kappa shape index (κ2) is 6.18. The Morgan fingerprint density at radius 2 is 1.91 bits per heavy atom. The molecule has 8 heteroatoms. The van der Waals surface area contributed by atoms with Crippen LogP contribution >= 0.6 is 23.2 Å². The van der Waals surface area contributed by atoms with Crippen LogP contribution in [-0.2, 0) is 9.59 Å². The lowest BCUT2D eigenvalue weighted by molar-refractivity contribution is -0.124. The van der Waals surface area contributed by atoms with Gasteiger partial charge in [0.1, 0.15) is 11.6 Å². The molecule has 1 N–H and O–H groups in total. The van der Waals surface area contributed by atoms with Crippen molar-refractivity contribution in [2.45, 2.75) is 13.8 Å². The van der Waals surface area contributed by atoms with E-state index in [9.17, 15) is 14.9 Å². The van der Waals surface area contributed by atoms with Crippen molar-refractivity contribution in [2.75, 3.05) is 4.90 Å². The molecule has 1 heterocycles. The summed E-state index contributed by atoms with van der Waals surface area (Å²) in [5, 5.41) is 16.7. The van der Waals surface area contributed by atoms with Crippen LogP contribution in [0.3, 0.4) is 0 Å². The predicted molar refractivity (Wildman–Crippen MR) is 82.6 cm³/mol. The topological polar surface area (TPSA) is 89.8 Å². The van der Waals surface area contributed by atoms with Crippen LogP contribution in [0.2, 0.25) is 10.0 Å². The van der Waals surface area contributed by atoms with Gasteiger partial charge in [0.2, 0.25) is 11.8 Å². The fourth-order valence-corrected chi connectivity index (χ4v) is 2.51. The highest BCUT2D eigenvalue weighted by atomic mass is 35.5. The quantitative estimate of drug-likeness (QED) is 0.911. The van der Waals surface area contributed by atoms with E-state index < -0.39 is 11.8 Å². The Balaban J connectivity index is 2.64. The minimum Gasteiger partial charge on any atom is -0.274 e. The van der Waals surface area contributed by atoms with Crippen LogP contribution in [0.4, 0.5) is 5.82 Å². The third-order valence-electron chi connectivity index (χ3n) is 2.90. The van der Waals surface area contributed by atoms with Crippen molar-refractivity contribution in [3.63, 3.8) is 0 Å². The maximum Gasteiger partial charge on any atom is 0.231 e. The average Bonchev–Trinajstić information content (AvgIpc) is 2.81. The van der Waals surface area contributed by atoms with Gasteiger partial charge in [-0.25, -0.2) is 4.90 Å². The summed E-state index contributed by atoms with van der Waals surface area (Å²) in [4.78, 5) is 24.0. The minimum absolute atomic E-state index is 0.0506. The van der Waals surface area contributed by atoms with E-state index in [-0.39, 0.29) is 11.4 Å². The monoisotopic (exact) mass is 336 g/mol. The zero-order valence-corrected chi connectivity index (χ0v) is 13.2. The van der Waals surface area contributed by atoms with Crippen molar-refractivity contribution >= 4 is 40.8 Å². The van der Waals surface area contributed by atoms with Gasteiger partial charge in [-0.05, 0) is 18.2 Å². The van der Waals surface area contributed by atoms with E-state index in [1.165, 1.54) is 19.9 Å². The molecule has 0 radical (unpaired) electrons. The first kappa shape index (κ1) is 16.0. The number of carbonyl (C=O) groups excluding carboxylic acids is 2. The van der Waals surface area contributed by atoms with Crippen molar-refractivity contribution < 1.29 is 9.59 Å². The van der Waals surface area contributed by atoms with Gasteiger partial charge in [-0.3, -0.25) is 14.7 Å². The van der Waals surface area contributed by atoms with Gasteiger partial charge in [-0.2, -0.15) is 10.4 Å². The molecule has 2 amide bonds. The van der Waals surface area contributed by atoms with Gasteiger partial charge in [-0.15, -0.1) is 0 Å². The van der Waals surface area contributed by atoms with E-state index in [4.69, 9.17) is 23.2 Å². The largest absolute Gasteiger partial charge is 0.274 e. The first-order chi connectivity index (χ1) is 10.4. The number of nitrogens with zero attached hydrogens (tertiary/aromatic N) is 3. The molecule has 0 aliphatic heterocycles. The van der Waals surface area contributed by atoms with Gasteiger partial charge < -0.3 is 0 Å². The van der Waals surface area contributed by atoms with Gasteiger partial charge in [0, 0.05) is 24.4 Å². The molecule has 0 bridgehead atoms. The molecule has 0 spiro atoms. The molecule has 0 aliphatic rings. The molecule has 112 valence electrons. The molecule has 0 unspecified atom stereocenters. The smallest absolute Gasteiger partial charge is 0.231 e. The number of carbonyl (C=O) groups is 2. The average molecular weight is 337 g/mol. The van der Waals surface area contributed by atoms with E-state index in [1.807, 2.05) is 6.07 Å². The van der Waals surface area contributed by atoms with E-state index in [1.54, 1.807) is 12.1 Å². The third kappa shape index (κ3) is 2.82. The zero-order chi connectivity index (χ0) is 16.4. The Labute approximate surface area is 136 Å². The lowest BCUT2D eigenvalue weighted by Crippen LogP contribution is -2.34. The summed E-state index contributed by atoms with van der Waals surface area (Å²) in [6.07, 6.45) is 0. The van der Waals surface area contributed by atoms with Gasteiger partial charge in [0.15, 0.2) is 5.82 Å². The lowest BCUT2D eigenvalue weighted by Gasteiger charge is -2.14. The number of halogens is 2. The summed E-state index contributed by atoms with van der Waals surface area (Å²) in [5.74, 6) is -1.13. The Morgan fingerprint density at radius 1 is 1.27 bits per heavy atom. The normalized spacial score (nSPS) is 10.1. The number of benzene rings is 1. The highest BCUT2D eigenvalue weighted by molar-refractivity contribution is 6.36. The van der Waals surface area contributed by atoms with Gasteiger partial charge in [0.25, 0.3) is 0 Å².